The number of nitrogens with two attached hydrogens (primary N) is 1. The van der Waals surface area contributed by atoms with Gasteiger partial charge in [-0.1, -0.05) is 6.92 Å². The van der Waals surface area contributed by atoms with Crippen molar-refractivity contribution in [2.75, 3.05) is 36.2 Å². The highest BCUT2D eigenvalue weighted by Crippen LogP contribution is 2.25. The minimum absolute atomic E-state index is 0.189. The first-order valence-electron chi connectivity index (χ1n) is 6.36. The van der Waals surface area contributed by atoms with Gasteiger partial charge in [-0.2, -0.15) is 0 Å². The molecule has 6 heteroatoms. The van der Waals surface area contributed by atoms with Gasteiger partial charge in [0.1, 0.15) is 15.6 Å². The SMILES string of the molecule is CCCOc1cc(NCCCS(C)(=O)=O)ccc1N. The van der Waals surface area contributed by atoms with E-state index >= 15 is 0 Å². The van der Waals surface area contributed by atoms with Crippen LogP contribution in [0.15, 0.2) is 18.2 Å². The van der Waals surface area contributed by atoms with Gasteiger partial charge in [0.25, 0.3) is 0 Å². The van der Waals surface area contributed by atoms with Crippen molar-refractivity contribution in [1.29, 1.82) is 0 Å². The molecule has 0 bridgehead atoms. The standard InChI is InChI=1S/C13H22N2O3S/c1-3-8-18-13-10-11(5-6-12(13)14)15-7-4-9-19(2,16)17/h5-6,10,15H,3-4,7-9,14H2,1-2H3. The molecule has 1 aromatic rings. The molecule has 0 atom stereocenters. The lowest BCUT2D eigenvalue weighted by atomic mass is 10.2. The van der Waals surface area contributed by atoms with Gasteiger partial charge < -0.3 is 15.8 Å². The van der Waals surface area contributed by atoms with E-state index in [0.717, 1.165) is 12.1 Å². The lowest BCUT2D eigenvalue weighted by molar-refractivity contribution is 0.319. The molecule has 0 aliphatic rings. The van der Waals surface area contributed by atoms with Gasteiger partial charge in [0.2, 0.25) is 0 Å². The summed E-state index contributed by atoms with van der Waals surface area (Å²) in [5.74, 6) is 0.851. The third-order valence-corrected chi connectivity index (χ3v) is 3.53. The summed E-state index contributed by atoms with van der Waals surface area (Å²) in [5, 5.41) is 3.16. The molecule has 3 N–H and O–H groups in total. The molecule has 0 aliphatic heterocycles. The van der Waals surface area contributed by atoms with Crippen molar-refractivity contribution in [2.45, 2.75) is 19.8 Å². The van der Waals surface area contributed by atoms with E-state index in [-0.39, 0.29) is 5.75 Å². The monoisotopic (exact) mass is 286 g/mol. The molecule has 0 unspecified atom stereocenters. The topological polar surface area (TPSA) is 81.4 Å². The zero-order chi connectivity index (χ0) is 14.3. The van der Waals surface area contributed by atoms with Crippen LogP contribution in [-0.4, -0.2) is 33.6 Å². The van der Waals surface area contributed by atoms with Crippen molar-refractivity contribution in [3.63, 3.8) is 0 Å². The Morgan fingerprint density at radius 3 is 2.74 bits per heavy atom. The molecule has 0 saturated carbocycles. The number of benzene rings is 1. The molecule has 0 heterocycles. The van der Waals surface area contributed by atoms with Crippen LogP contribution >= 0.6 is 0 Å². The lowest BCUT2D eigenvalue weighted by Gasteiger charge is -2.11. The molecule has 1 rings (SSSR count). The first-order chi connectivity index (χ1) is 8.92. The van der Waals surface area contributed by atoms with E-state index in [1.165, 1.54) is 6.26 Å². The summed E-state index contributed by atoms with van der Waals surface area (Å²) in [6.45, 7) is 3.26. The smallest absolute Gasteiger partial charge is 0.147 e. The summed E-state index contributed by atoms with van der Waals surface area (Å²) in [7, 11) is -2.89. The van der Waals surface area contributed by atoms with Crippen LogP contribution in [0.5, 0.6) is 5.75 Å². The molecule has 108 valence electrons. The highest BCUT2D eigenvalue weighted by molar-refractivity contribution is 7.90. The van der Waals surface area contributed by atoms with Crippen molar-refractivity contribution >= 4 is 21.2 Å². The Bertz CT molecular complexity index is 501. The van der Waals surface area contributed by atoms with Gasteiger partial charge in [0, 0.05) is 24.6 Å². The number of ether oxygens (including phenoxy) is 1. The summed E-state index contributed by atoms with van der Waals surface area (Å²) in [6, 6.07) is 5.48. The molecule has 19 heavy (non-hydrogen) atoms. The van der Waals surface area contributed by atoms with Crippen LogP contribution < -0.4 is 15.8 Å². The zero-order valence-electron chi connectivity index (χ0n) is 11.5. The Balaban J connectivity index is 2.50. The van der Waals surface area contributed by atoms with Gasteiger partial charge in [-0.05, 0) is 25.0 Å². The first-order valence-corrected chi connectivity index (χ1v) is 8.42. The Kier molecular flexibility index (Phi) is 5.95. The second-order valence-corrected chi connectivity index (χ2v) is 6.77. The quantitative estimate of drug-likeness (QED) is 0.563. The van der Waals surface area contributed by atoms with Gasteiger partial charge in [0.15, 0.2) is 0 Å². The van der Waals surface area contributed by atoms with E-state index in [1.807, 2.05) is 19.1 Å². The molecule has 0 amide bonds. The maximum Gasteiger partial charge on any atom is 0.147 e. The Labute approximate surface area is 115 Å². The van der Waals surface area contributed by atoms with Gasteiger partial charge in [-0.15, -0.1) is 0 Å². The van der Waals surface area contributed by atoms with Gasteiger partial charge in [-0.25, -0.2) is 8.42 Å². The molecule has 0 spiro atoms. The number of anilines is 2. The predicted molar refractivity (Wildman–Crippen MR) is 79.5 cm³/mol. The van der Waals surface area contributed by atoms with Crippen molar-refractivity contribution < 1.29 is 13.2 Å². The number of rotatable bonds is 8. The van der Waals surface area contributed by atoms with Crippen LogP contribution in [0.3, 0.4) is 0 Å². The Morgan fingerprint density at radius 1 is 1.37 bits per heavy atom. The predicted octanol–water partition coefficient (Wildman–Crippen LogP) is 1.90. The molecule has 5 nitrogen and oxygen atoms in total. The highest BCUT2D eigenvalue weighted by Gasteiger charge is 2.03. The van der Waals surface area contributed by atoms with Crippen LogP contribution in [0, 0.1) is 0 Å². The number of nitrogens with one attached hydrogen (secondary N) is 1. The van der Waals surface area contributed by atoms with Gasteiger partial charge in [0.05, 0.1) is 18.0 Å². The fraction of sp³-hybridized carbons (Fsp3) is 0.538. The van der Waals surface area contributed by atoms with E-state index in [2.05, 4.69) is 5.32 Å². The van der Waals surface area contributed by atoms with Gasteiger partial charge >= 0.3 is 0 Å². The number of hydrogen-bond acceptors (Lipinski definition) is 5. The largest absolute Gasteiger partial charge is 0.491 e. The molecular weight excluding hydrogens is 264 g/mol. The number of nitrogen functional groups attached to an aromatic ring is 1. The second-order valence-electron chi connectivity index (χ2n) is 4.51. The third kappa shape index (κ3) is 6.33. The average Bonchev–Trinajstić information content (AvgIpc) is 2.33. The van der Waals surface area contributed by atoms with Crippen molar-refractivity contribution in [3.05, 3.63) is 18.2 Å². The lowest BCUT2D eigenvalue weighted by Crippen LogP contribution is -2.10. The zero-order valence-corrected chi connectivity index (χ0v) is 12.3. The van der Waals surface area contributed by atoms with Crippen LogP contribution in [0.2, 0.25) is 0 Å². The van der Waals surface area contributed by atoms with Crippen LogP contribution in [0.1, 0.15) is 19.8 Å². The van der Waals surface area contributed by atoms with Crippen LogP contribution in [-0.2, 0) is 9.84 Å². The highest BCUT2D eigenvalue weighted by atomic mass is 32.2. The Morgan fingerprint density at radius 2 is 2.11 bits per heavy atom. The number of sulfone groups is 1. The van der Waals surface area contributed by atoms with E-state index in [0.29, 0.717) is 31.0 Å². The maximum atomic E-state index is 11.0. The minimum atomic E-state index is -2.89. The fourth-order valence-corrected chi connectivity index (χ4v) is 2.22. The van der Waals surface area contributed by atoms with Crippen LogP contribution in [0.4, 0.5) is 11.4 Å². The third-order valence-electron chi connectivity index (χ3n) is 2.50. The molecular formula is C13H22N2O3S. The number of hydrogen-bond donors (Lipinski definition) is 2. The molecule has 0 aromatic heterocycles. The Hall–Kier alpha value is -1.43. The summed E-state index contributed by atoms with van der Waals surface area (Å²) in [5.41, 5.74) is 7.30. The van der Waals surface area contributed by atoms with Crippen molar-refractivity contribution in [2.24, 2.45) is 0 Å². The fourth-order valence-electron chi connectivity index (χ4n) is 1.55. The molecule has 0 saturated heterocycles. The van der Waals surface area contributed by atoms with Gasteiger partial charge in [-0.3, -0.25) is 0 Å². The summed E-state index contributed by atoms with van der Waals surface area (Å²) in [4.78, 5) is 0. The summed E-state index contributed by atoms with van der Waals surface area (Å²) < 4.78 is 27.5. The van der Waals surface area contributed by atoms with E-state index in [4.69, 9.17) is 10.5 Å². The van der Waals surface area contributed by atoms with Crippen LogP contribution in [0.25, 0.3) is 0 Å². The molecule has 0 fully saturated rings. The van der Waals surface area contributed by atoms with Crippen molar-refractivity contribution in [1.82, 2.24) is 0 Å². The molecule has 0 radical (unpaired) electrons. The van der Waals surface area contributed by atoms with Crippen molar-refractivity contribution in [3.8, 4) is 5.75 Å². The molecule has 1 aromatic carbocycles. The maximum absolute atomic E-state index is 11.0. The average molecular weight is 286 g/mol. The second kappa shape index (κ2) is 7.23. The van der Waals surface area contributed by atoms with E-state index in [9.17, 15) is 8.42 Å². The summed E-state index contributed by atoms with van der Waals surface area (Å²) in [6.07, 6.45) is 2.74. The van der Waals surface area contributed by atoms with E-state index < -0.39 is 9.84 Å². The van der Waals surface area contributed by atoms with E-state index in [1.54, 1.807) is 6.07 Å². The first kappa shape index (κ1) is 15.6. The summed E-state index contributed by atoms with van der Waals surface area (Å²) >= 11 is 0. The minimum Gasteiger partial charge on any atom is -0.491 e. The normalized spacial score (nSPS) is 11.3. The molecule has 0 aliphatic carbocycles.